The number of rotatable bonds is 10. The predicted octanol–water partition coefficient (Wildman–Crippen LogP) is 5.29. The molecule has 4 aliphatic rings. The van der Waals surface area contributed by atoms with Crippen LogP contribution in [0.4, 0.5) is 14.6 Å². The van der Waals surface area contributed by atoms with Crippen LogP contribution in [0.2, 0.25) is 0 Å². The van der Waals surface area contributed by atoms with Crippen molar-refractivity contribution in [3.63, 3.8) is 0 Å². The van der Waals surface area contributed by atoms with Crippen molar-refractivity contribution in [2.24, 2.45) is 11.8 Å². The molecule has 7 nitrogen and oxygen atoms in total. The average Bonchev–Trinajstić information content (AvgIpc) is 3.77. The van der Waals surface area contributed by atoms with E-state index in [0.717, 1.165) is 18.4 Å². The van der Waals surface area contributed by atoms with E-state index in [-0.39, 0.29) is 72.7 Å². The number of carbonyl (C=O) groups is 1. The lowest BCUT2D eigenvalue weighted by Crippen LogP contribution is -2.56. The Kier molecular flexibility index (Phi) is 7.57. The number of epoxide rings is 2. The molecule has 5 rings (SSSR count). The largest absolute Gasteiger partial charge is 0.460 e. The van der Waals surface area contributed by atoms with Crippen LogP contribution in [0.1, 0.15) is 71.8 Å². The van der Waals surface area contributed by atoms with Gasteiger partial charge in [-0.3, -0.25) is 4.79 Å². The zero-order valence-corrected chi connectivity index (χ0v) is 23.9. The number of hydrogen-bond acceptors (Lipinski definition) is 7. The highest BCUT2D eigenvalue weighted by Gasteiger charge is 2.72. The lowest BCUT2D eigenvalue weighted by molar-refractivity contribution is -0.172. The summed E-state index contributed by atoms with van der Waals surface area (Å²) in [4.78, 5) is 19.3. The number of methoxy groups -OCH3 is 1. The Bertz CT molecular complexity index is 1080. The first-order valence-electron chi connectivity index (χ1n) is 14.1. The molecule has 0 N–H and O–H groups in total. The Hall–Kier alpha value is -2.10. The smallest absolute Gasteiger partial charge is 0.306 e. The van der Waals surface area contributed by atoms with E-state index in [9.17, 15) is 13.6 Å². The molecule has 0 radical (unpaired) electrons. The standard InChI is InChI=1S/C30H42F2N2O5/c1-18(2)7-9-23-28(5,39-23)27-26(36-6)22(11-12-29(27)17-37-29)38-25(35)13-21(19(3)4)20-8-10-24(33-14-20)34-15-30(31,32)16-34/h7-8,10,14,19,21-23,26-27H,9,11-13,15-17H2,1-6H3/t21-,22+,23+,26+,27+,28-,29-/m0/s1. The van der Waals surface area contributed by atoms with E-state index in [1.807, 2.05) is 6.07 Å². The van der Waals surface area contributed by atoms with Gasteiger partial charge in [-0.25, -0.2) is 13.8 Å². The van der Waals surface area contributed by atoms with Crippen molar-refractivity contribution < 1.29 is 32.5 Å². The van der Waals surface area contributed by atoms with E-state index in [1.54, 1.807) is 24.3 Å². The van der Waals surface area contributed by atoms with E-state index in [4.69, 9.17) is 18.9 Å². The summed E-state index contributed by atoms with van der Waals surface area (Å²) in [5.41, 5.74) is 1.50. The molecule has 0 amide bonds. The summed E-state index contributed by atoms with van der Waals surface area (Å²) in [7, 11) is 1.68. The second-order valence-corrected chi connectivity index (χ2v) is 12.6. The summed E-state index contributed by atoms with van der Waals surface area (Å²) in [6.07, 6.45) is 5.82. The number of nitrogens with zero attached hydrogens (tertiary/aromatic N) is 2. The topological polar surface area (TPSA) is 76.7 Å². The molecule has 1 saturated carbocycles. The van der Waals surface area contributed by atoms with E-state index in [0.29, 0.717) is 18.8 Å². The van der Waals surface area contributed by atoms with E-state index in [2.05, 4.69) is 45.7 Å². The number of alkyl halides is 2. The SMILES string of the molecule is CO[C@@H]1[C@H](OC(=O)C[C@H](c2ccc(N3CC(F)(F)C3)nc2)C(C)C)CC[C@]2(CO2)[C@H]1[C@@]1(C)O[C@@H]1CC=C(C)C. The first kappa shape index (κ1) is 28.4. The highest BCUT2D eigenvalue weighted by molar-refractivity contribution is 5.71. The highest BCUT2D eigenvalue weighted by atomic mass is 19.3. The molecule has 7 atom stereocenters. The third kappa shape index (κ3) is 5.72. The predicted molar refractivity (Wildman–Crippen MR) is 143 cm³/mol. The molecule has 1 aromatic heterocycles. The van der Waals surface area contributed by atoms with E-state index < -0.39 is 5.92 Å². The normalized spacial score (nSPS) is 35.4. The molecular formula is C30H42F2N2O5. The first-order chi connectivity index (χ1) is 18.4. The van der Waals surface area contributed by atoms with Crippen LogP contribution in [0.25, 0.3) is 0 Å². The summed E-state index contributed by atoms with van der Waals surface area (Å²) in [6, 6.07) is 3.65. The van der Waals surface area contributed by atoms with E-state index in [1.165, 1.54) is 5.57 Å². The molecule has 4 heterocycles. The first-order valence-corrected chi connectivity index (χ1v) is 14.1. The summed E-state index contributed by atoms with van der Waals surface area (Å²) >= 11 is 0. The Labute approximate surface area is 230 Å². The number of pyridine rings is 1. The fourth-order valence-electron chi connectivity index (χ4n) is 6.68. The van der Waals surface area contributed by atoms with Crippen molar-refractivity contribution in [3.8, 4) is 0 Å². The van der Waals surface area contributed by atoms with Crippen molar-refractivity contribution in [2.75, 3.05) is 31.7 Å². The highest BCUT2D eigenvalue weighted by Crippen LogP contribution is 2.59. The summed E-state index contributed by atoms with van der Waals surface area (Å²) in [6.45, 7) is 10.5. The molecule has 0 bridgehead atoms. The van der Waals surface area contributed by atoms with Crippen LogP contribution in [0, 0.1) is 11.8 Å². The fourth-order valence-corrected chi connectivity index (χ4v) is 6.68. The van der Waals surface area contributed by atoms with Gasteiger partial charge in [-0.2, -0.15) is 0 Å². The minimum Gasteiger partial charge on any atom is -0.460 e. The fraction of sp³-hybridized carbons (Fsp3) is 0.733. The maximum absolute atomic E-state index is 13.3. The summed E-state index contributed by atoms with van der Waals surface area (Å²) in [5, 5.41) is 0. The number of anilines is 1. The summed E-state index contributed by atoms with van der Waals surface area (Å²) in [5.74, 6) is -2.36. The van der Waals surface area contributed by atoms with Gasteiger partial charge >= 0.3 is 5.97 Å². The van der Waals surface area contributed by atoms with Crippen LogP contribution in [0.15, 0.2) is 30.0 Å². The number of halogens is 2. The molecule has 4 fully saturated rings. The van der Waals surface area contributed by atoms with Gasteiger partial charge in [0.2, 0.25) is 0 Å². The molecule has 1 aliphatic carbocycles. The molecule has 216 valence electrons. The van der Waals surface area contributed by atoms with Gasteiger partial charge in [-0.05, 0) is 63.5 Å². The van der Waals surface area contributed by atoms with Crippen LogP contribution < -0.4 is 4.90 Å². The van der Waals surface area contributed by atoms with Gasteiger partial charge < -0.3 is 23.8 Å². The number of allylic oxidation sites excluding steroid dienone is 1. The van der Waals surface area contributed by atoms with Crippen LogP contribution in [0.5, 0.6) is 0 Å². The average molecular weight is 549 g/mol. The number of aromatic nitrogens is 1. The van der Waals surface area contributed by atoms with E-state index >= 15 is 0 Å². The molecule has 1 spiro atoms. The molecule has 39 heavy (non-hydrogen) atoms. The van der Waals surface area contributed by atoms with Crippen LogP contribution >= 0.6 is 0 Å². The minimum atomic E-state index is -2.65. The lowest BCUT2D eigenvalue weighted by Gasteiger charge is -2.42. The number of hydrogen-bond donors (Lipinski definition) is 0. The minimum absolute atomic E-state index is 0.0244. The zero-order chi connectivity index (χ0) is 28.2. The monoisotopic (exact) mass is 548 g/mol. The molecule has 0 unspecified atom stereocenters. The number of esters is 1. The zero-order valence-electron chi connectivity index (χ0n) is 23.9. The van der Waals surface area contributed by atoms with Crippen LogP contribution in [-0.4, -0.2) is 73.2 Å². The third-order valence-electron chi connectivity index (χ3n) is 9.08. The van der Waals surface area contributed by atoms with Gasteiger partial charge in [0.25, 0.3) is 5.92 Å². The molecular weight excluding hydrogens is 506 g/mol. The second-order valence-electron chi connectivity index (χ2n) is 12.6. The van der Waals surface area contributed by atoms with Crippen molar-refractivity contribution in [3.05, 3.63) is 35.5 Å². The Morgan fingerprint density at radius 2 is 2.00 bits per heavy atom. The van der Waals surface area contributed by atoms with Crippen LogP contribution in [0.3, 0.4) is 0 Å². The molecule has 3 aliphatic heterocycles. The van der Waals surface area contributed by atoms with Crippen LogP contribution in [-0.2, 0) is 23.7 Å². The van der Waals surface area contributed by atoms with Gasteiger partial charge in [0.05, 0.1) is 38.1 Å². The summed E-state index contributed by atoms with van der Waals surface area (Å²) < 4.78 is 50.9. The number of carbonyl (C=O) groups excluding carboxylic acids is 1. The van der Waals surface area contributed by atoms with Crippen molar-refractivity contribution in [2.45, 2.75) is 102 Å². The van der Waals surface area contributed by atoms with Crippen molar-refractivity contribution in [1.82, 2.24) is 4.98 Å². The molecule has 0 aromatic carbocycles. The van der Waals surface area contributed by atoms with Gasteiger partial charge in [-0.15, -0.1) is 0 Å². The maximum Gasteiger partial charge on any atom is 0.306 e. The van der Waals surface area contributed by atoms with Gasteiger partial charge in [0.1, 0.15) is 29.2 Å². The Morgan fingerprint density at radius 3 is 2.54 bits per heavy atom. The maximum atomic E-state index is 13.3. The third-order valence-corrected chi connectivity index (χ3v) is 9.08. The second kappa shape index (κ2) is 10.4. The van der Waals surface area contributed by atoms with Gasteiger partial charge in [0, 0.05) is 13.3 Å². The molecule has 9 heteroatoms. The Balaban J connectivity index is 1.24. The van der Waals surface area contributed by atoms with Gasteiger partial charge in [0.15, 0.2) is 0 Å². The van der Waals surface area contributed by atoms with Crippen molar-refractivity contribution >= 4 is 11.8 Å². The number of ether oxygens (including phenoxy) is 4. The van der Waals surface area contributed by atoms with Crippen molar-refractivity contribution in [1.29, 1.82) is 0 Å². The molecule has 3 saturated heterocycles. The molecule has 1 aromatic rings. The van der Waals surface area contributed by atoms with Gasteiger partial charge in [-0.1, -0.05) is 31.6 Å². The lowest BCUT2D eigenvalue weighted by atomic mass is 9.68. The quantitative estimate of drug-likeness (QED) is 0.224. The Morgan fingerprint density at radius 1 is 1.28 bits per heavy atom.